The van der Waals surface area contributed by atoms with Crippen molar-refractivity contribution in [3.05, 3.63) is 0 Å². The highest BCUT2D eigenvalue weighted by atomic mass is 16.2. The molecule has 0 rings (SSSR count). The van der Waals surface area contributed by atoms with E-state index in [-0.39, 0.29) is 5.91 Å². The Hall–Kier alpha value is -0.610. The van der Waals surface area contributed by atoms with Crippen LogP contribution in [0.5, 0.6) is 0 Å². The van der Waals surface area contributed by atoms with E-state index in [1.165, 1.54) is 0 Å². The molecule has 0 aliphatic heterocycles. The Kier molecular flexibility index (Phi) is 3.32. The number of hydrogen-bond donors (Lipinski definition) is 3. The summed E-state index contributed by atoms with van der Waals surface area (Å²) in [5.74, 6) is 4.76. The first-order valence-electron chi connectivity index (χ1n) is 3.32. The van der Waals surface area contributed by atoms with Crippen molar-refractivity contribution in [3.8, 4) is 0 Å². The van der Waals surface area contributed by atoms with E-state index in [2.05, 4.69) is 5.43 Å². The molecular formula is C6H15N3O. The van der Waals surface area contributed by atoms with Gasteiger partial charge in [0.1, 0.15) is 0 Å². The van der Waals surface area contributed by atoms with Crippen LogP contribution in [0.25, 0.3) is 0 Å². The lowest BCUT2D eigenvalue weighted by Gasteiger charge is -2.23. The van der Waals surface area contributed by atoms with Crippen molar-refractivity contribution in [3.63, 3.8) is 0 Å². The maximum Gasteiger partial charge on any atom is 0.241 e. The molecule has 0 heterocycles. The molecule has 4 heteroatoms. The Morgan fingerprint density at radius 3 is 2.30 bits per heavy atom. The number of carbonyl (C=O) groups is 1. The number of nitrogens with one attached hydrogen (secondary N) is 1. The highest BCUT2D eigenvalue weighted by molar-refractivity contribution is 5.81. The van der Waals surface area contributed by atoms with Gasteiger partial charge in [-0.15, -0.1) is 0 Å². The number of hydrogen-bond acceptors (Lipinski definition) is 3. The smallest absolute Gasteiger partial charge is 0.241 e. The van der Waals surface area contributed by atoms with Crippen LogP contribution in [-0.2, 0) is 4.79 Å². The van der Waals surface area contributed by atoms with Gasteiger partial charge in [0, 0.05) is 6.54 Å². The van der Waals surface area contributed by atoms with Crippen LogP contribution in [0, 0.1) is 5.41 Å². The third-order valence-corrected chi connectivity index (χ3v) is 1.91. The van der Waals surface area contributed by atoms with Crippen molar-refractivity contribution in [1.82, 2.24) is 5.43 Å². The van der Waals surface area contributed by atoms with Crippen molar-refractivity contribution in [2.45, 2.75) is 20.3 Å². The zero-order valence-corrected chi connectivity index (χ0v) is 6.48. The molecular weight excluding hydrogens is 130 g/mol. The van der Waals surface area contributed by atoms with Crippen LogP contribution in [0.15, 0.2) is 0 Å². The molecule has 10 heavy (non-hydrogen) atoms. The second-order valence-electron chi connectivity index (χ2n) is 2.59. The molecule has 0 saturated carbocycles. The van der Waals surface area contributed by atoms with E-state index >= 15 is 0 Å². The number of amides is 1. The van der Waals surface area contributed by atoms with Gasteiger partial charge in [-0.3, -0.25) is 10.2 Å². The first-order valence-corrected chi connectivity index (χ1v) is 3.32. The fourth-order valence-corrected chi connectivity index (χ4v) is 0.572. The van der Waals surface area contributed by atoms with E-state index < -0.39 is 5.41 Å². The van der Waals surface area contributed by atoms with Gasteiger partial charge in [0.2, 0.25) is 5.91 Å². The van der Waals surface area contributed by atoms with Crippen LogP contribution in [-0.4, -0.2) is 12.5 Å². The highest BCUT2D eigenvalue weighted by Crippen LogP contribution is 2.18. The monoisotopic (exact) mass is 145 g/mol. The summed E-state index contributed by atoms with van der Waals surface area (Å²) in [4.78, 5) is 11.0. The maximum atomic E-state index is 11.0. The molecule has 4 nitrogen and oxygen atoms in total. The zero-order valence-electron chi connectivity index (χ0n) is 6.48. The first-order chi connectivity index (χ1) is 4.60. The summed E-state index contributed by atoms with van der Waals surface area (Å²) in [7, 11) is 0. The van der Waals surface area contributed by atoms with Gasteiger partial charge < -0.3 is 5.73 Å². The predicted octanol–water partition coefficient (Wildman–Crippen LogP) is -0.649. The molecule has 0 bridgehead atoms. The summed E-state index contributed by atoms with van der Waals surface area (Å²) in [5.41, 5.74) is 6.96. The van der Waals surface area contributed by atoms with Gasteiger partial charge in [-0.1, -0.05) is 6.92 Å². The largest absolute Gasteiger partial charge is 0.329 e. The fourth-order valence-electron chi connectivity index (χ4n) is 0.572. The molecule has 0 saturated heterocycles. The SMILES string of the molecule is CCC(C)(CN)C(=O)NN. The first kappa shape index (κ1) is 9.39. The summed E-state index contributed by atoms with van der Waals surface area (Å²) in [5, 5.41) is 0. The minimum atomic E-state index is -0.505. The van der Waals surface area contributed by atoms with Crippen molar-refractivity contribution >= 4 is 5.91 Å². The molecule has 0 radical (unpaired) electrons. The molecule has 0 aromatic rings. The van der Waals surface area contributed by atoms with Crippen molar-refractivity contribution in [2.75, 3.05) is 6.54 Å². The Balaban J connectivity index is 4.17. The quantitative estimate of drug-likeness (QED) is 0.280. The Labute approximate surface area is 60.9 Å². The zero-order chi connectivity index (χ0) is 8.20. The number of hydrazine groups is 1. The van der Waals surface area contributed by atoms with E-state index in [4.69, 9.17) is 11.6 Å². The summed E-state index contributed by atoms with van der Waals surface area (Å²) in [6.45, 7) is 4.02. The van der Waals surface area contributed by atoms with Gasteiger partial charge in [-0.25, -0.2) is 5.84 Å². The predicted molar refractivity (Wildman–Crippen MR) is 39.8 cm³/mol. The third kappa shape index (κ3) is 1.68. The second kappa shape index (κ2) is 3.53. The molecule has 60 valence electrons. The van der Waals surface area contributed by atoms with Crippen molar-refractivity contribution in [1.29, 1.82) is 0 Å². The van der Waals surface area contributed by atoms with Crippen molar-refractivity contribution < 1.29 is 4.79 Å². The van der Waals surface area contributed by atoms with E-state index in [9.17, 15) is 4.79 Å². The Bertz CT molecular complexity index is 120. The molecule has 1 amide bonds. The molecule has 0 aromatic heterocycles. The summed E-state index contributed by atoms with van der Waals surface area (Å²) >= 11 is 0. The van der Waals surface area contributed by atoms with E-state index in [1.807, 2.05) is 6.92 Å². The Morgan fingerprint density at radius 1 is 1.70 bits per heavy atom. The second-order valence-corrected chi connectivity index (χ2v) is 2.59. The van der Waals surface area contributed by atoms with Crippen LogP contribution in [0.4, 0.5) is 0 Å². The highest BCUT2D eigenvalue weighted by Gasteiger charge is 2.28. The molecule has 0 aliphatic rings. The van der Waals surface area contributed by atoms with Gasteiger partial charge in [0.15, 0.2) is 0 Å². The van der Waals surface area contributed by atoms with Gasteiger partial charge in [-0.05, 0) is 13.3 Å². The lowest BCUT2D eigenvalue weighted by Crippen LogP contribution is -2.46. The molecule has 1 atom stereocenters. The normalized spacial score (nSPS) is 16.0. The van der Waals surface area contributed by atoms with E-state index in [0.29, 0.717) is 13.0 Å². The van der Waals surface area contributed by atoms with Crippen LogP contribution >= 0.6 is 0 Å². The summed E-state index contributed by atoms with van der Waals surface area (Å²) in [6.07, 6.45) is 0.701. The fraction of sp³-hybridized carbons (Fsp3) is 0.833. The molecule has 5 N–H and O–H groups in total. The number of carbonyl (C=O) groups excluding carboxylic acids is 1. The van der Waals surface area contributed by atoms with Crippen LogP contribution in [0.3, 0.4) is 0 Å². The van der Waals surface area contributed by atoms with Crippen molar-refractivity contribution in [2.24, 2.45) is 17.0 Å². The molecule has 1 unspecified atom stereocenters. The average molecular weight is 145 g/mol. The minimum Gasteiger partial charge on any atom is -0.329 e. The average Bonchev–Trinajstić information content (AvgIpc) is 2.01. The standard InChI is InChI=1S/C6H15N3O/c1-3-6(2,4-7)5(10)9-8/h3-4,7-8H2,1-2H3,(H,9,10). The van der Waals surface area contributed by atoms with E-state index in [1.54, 1.807) is 6.92 Å². The van der Waals surface area contributed by atoms with Crippen LogP contribution < -0.4 is 17.0 Å². The van der Waals surface area contributed by atoms with Crippen LogP contribution in [0.1, 0.15) is 20.3 Å². The minimum absolute atomic E-state index is 0.197. The topological polar surface area (TPSA) is 81.1 Å². The van der Waals surface area contributed by atoms with Crippen LogP contribution in [0.2, 0.25) is 0 Å². The lowest BCUT2D eigenvalue weighted by molar-refractivity contribution is -0.129. The lowest BCUT2D eigenvalue weighted by atomic mass is 9.87. The summed E-state index contributed by atoms with van der Waals surface area (Å²) in [6, 6.07) is 0. The van der Waals surface area contributed by atoms with Gasteiger partial charge in [0.25, 0.3) is 0 Å². The molecule has 0 aliphatic carbocycles. The van der Waals surface area contributed by atoms with Gasteiger partial charge in [-0.2, -0.15) is 0 Å². The Morgan fingerprint density at radius 2 is 2.20 bits per heavy atom. The number of rotatable bonds is 3. The van der Waals surface area contributed by atoms with E-state index in [0.717, 1.165) is 0 Å². The molecule has 0 spiro atoms. The third-order valence-electron chi connectivity index (χ3n) is 1.91. The summed E-state index contributed by atoms with van der Waals surface area (Å²) < 4.78 is 0. The van der Waals surface area contributed by atoms with Gasteiger partial charge in [0.05, 0.1) is 5.41 Å². The molecule has 0 fully saturated rings. The number of nitrogens with two attached hydrogens (primary N) is 2. The maximum absolute atomic E-state index is 11.0. The molecule has 0 aromatic carbocycles. The van der Waals surface area contributed by atoms with Gasteiger partial charge >= 0.3 is 0 Å².